The van der Waals surface area contributed by atoms with E-state index >= 15 is 0 Å². The van der Waals surface area contributed by atoms with E-state index in [4.69, 9.17) is 4.74 Å². The lowest BCUT2D eigenvalue weighted by Gasteiger charge is -2.32. The van der Waals surface area contributed by atoms with E-state index in [0.29, 0.717) is 0 Å². The summed E-state index contributed by atoms with van der Waals surface area (Å²) in [6, 6.07) is 0.201. The Kier molecular flexibility index (Phi) is 2.93. The van der Waals surface area contributed by atoms with Crippen molar-refractivity contribution in [1.82, 2.24) is 9.55 Å². The molecule has 0 bridgehead atoms. The molecule has 3 heterocycles. The number of hydrogen-bond acceptors (Lipinski definition) is 4. The summed E-state index contributed by atoms with van der Waals surface area (Å²) in [7, 11) is 1.70. The van der Waals surface area contributed by atoms with Crippen LogP contribution in [0.1, 0.15) is 18.7 Å². The summed E-state index contributed by atoms with van der Waals surface area (Å²) < 4.78 is 8.30. The van der Waals surface area contributed by atoms with Crippen molar-refractivity contribution >= 4 is 34.5 Å². The van der Waals surface area contributed by atoms with Gasteiger partial charge in [0.1, 0.15) is 11.5 Å². The SMILES string of the molecule is COC1C(C)=Cc2ncc(=O)n3c2N1CC3CI. The van der Waals surface area contributed by atoms with Crippen LogP contribution in [-0.2, 0) is 4.74 Å². The van der Waals surface area contributed by atoms with Gasteiger partial charge in [-0.3, -0.25) is 9.36 Å². The first kappa shape index (κ1) is 12.2. The molecule has 2 unspecified atom stereocenters. The van der Waals surface area contributed by atoms with E-state index in [0.717, 1.165) is 28.1 Å². The van der Waals surface area contributed by atoms with Crippen LogP contribution in [0.25, 0.3) is 6.08 Å². The van der Waals surface area contributed by atoms with Crippen molar-refractivity contribution in [3.8, 4) is 0 Å². The summed E-state index contributed by atoms with van der Waals surface area (Å²) in [6.45, 7) is 2.84. The molecule has 0 saturated heterocycles. The number of ether oxygens (including phenoxy) is 1. The largest absolute Gasteiger partial charge is 0.358 e. The van der Waals surface area contributed by atoms with E-state index in [-0.39, 0.29) is 17.8 Å². The molecular formula is C12H14IN3O2. The standard InChI is InChI=1S/C12H14IN3O2/c1-7-3-9-11-15(12(7)18-2)6-8(4-13)16(11)10(17)5-14-9/h3,5,8,12H,4,6H2,1-2H3. The number of methoxy groups -OCH3 is 1. The second kappa shape index (κ2) is 4.34. The fraction of sp³-hybridized carbons (Fsp3) is 0.500. The molecule has 0 N–H and O–H groups in total. The Labute approximate surface area is 119 Å². The van der Waals surface area contributed by atoms with E-state index in [1.807, 2.05) is 17.6 Å². The third kappa shape index (κ3) is 1.55. The lowest BCUT2D eigenvalue weighted by molar-refractivity contribution is 0.128. The Morgan fingerprint density at radius 3 is 3.06 bits per heavy atom. The summed E-state index contributed by atoms with van der Waals surface area (Å²) in [4.78, 5) is 18.4. The molecule has 0 amide bonds. The van der Waals surface area contributed by atoms with E-state index in [1.54, 1.807) is 7.11 Å². The average Bonchev–Trinajstić information content (AvgIpc) is 2.75. The first-order chi connectivity index (χ1) is 8.67. The number of rotatable bonds is 2. The molecule has 2 aliphatic rings. The zero-order valence-electron chi connectivity index (χ0n) is 10.3. The topological polar surface area (TPSA) is 47.4 Å². The van der Waals surface area contributed by atoms with E-state index < -0.39 is 0 Å². The van der Waals surface area contributed by atoms with Crippen LogP contribution in [0.4, 0.5) is 5.82 Å². The van der Waals surface area contributed by atoms with Crippen molar-refractivity contribution in [1.29, 1.82) is 0 Å². The molecule has 2 aliphatic heterocycles. The maximum absolute atomic E-state index is 12.0. The number of nitrogens with zero attached hydrogens (tertiary/aromatic N) is 3. The predicted octanol–water partition coefficient (Wildman–Crippen LogP) is 1.43. The lowest BCUT2D eigenvalue weighted by Crippen LogP contribution is -2.39. The molecular weight excluding hydrogens is 345 g/mol. The van der Waals surface area contributed by atoms with Crippen molar-refractivity contribution in [3.63, 3.8) is 0 Å². The third-order valence-electron chi connectivity index (χ3n) is 3.49. The molecule has 18 heavy (non-hydrogen) atoms. The third-order valence-corrected chi connectivity index (χ3v) is 4.51. The van der Waals surface area contributed by atoms with Crippen LogP contribution in [0.5, 0.6) is 0 Å². The van der Waals surface area contributed by atoms with E-state index in [1.165, 1.54) is 6.20 Å². The van der Waals surface area contributed by atoms with Gasteiger partial charge in [-0.1, -0.05) is 22.6 Å². The minimum Gasteiger partial charge on any atom is -0.358 e. The van der Waals surface area contributed by atoms with Gasteiger partial charge in [0.25, 0.3) is 5.56 Å². The maximum atomic E-state index is 12.0. The molecule has 0 aromatic carbocycles. The fourth-order valence-electron chi connectivity index (χ4n) is 2.78. The Balaban J connectivity index is 2.25. The lowest BCUT2D eigenvalue weighted by atomic mass is 10.1. The number of hydrogen-bond donors (Lipinski definition) is 0. The zero-order chi connectivity index (χ0) is 12.9. The maximum Gasteiger partial charge on any atom is 0.270 e. The summed E-state index contributed by atoms with van der Waals surface area (Å²) in [6.07, 6.45) is 3.34. The normalized spacial score (nSPS) is 25.1. The summed E-state index contributed by atoms with van der Waals surface area (Å²) in [5.41, 5.74) is 1.96. The second-order valence-corrected chi connectivity index (χ2v) is 5.49. The van der Waals surface area contributed by atoms with Gasteiger partial charge in [-0.05, 0) is 18.6 Å². The van der Waals surface area contributed by atoms with Crippen LogP contribution in [0.2, 0.25) is 0 Å². The van der Waals surface area contributed by atoms with Gasteiger partial charge in [-0.15, -0.1) is 0 Å². The Morgan fingerprint density at radius 1 is 1.61 bits per heavy atom. The molecule has 2 atom stereocenters. The highest BCUT2D eigenvalue weighted by Gasteiger charge is 2.38. The van der Waals surface area contributed by atoms with E-state index in [9.17, 15) is 4.79 Å². The van der Waals surface area contributed by atoms with Gasteiger partial charge in [0, 0.05) is 18.1 Å². The minimum atomic E-state index is -0.0831. The molecule has 0 spiro atoms. The Bertz CT molecular complexity index is 581. The molecule has 1 aromatic heterocycles. The van der Waals surface area contributed by atoms with Gasteiger partial charge in [0.05, 0.1) is 12.2 Å². The first-order valence-corrected chi connectivity index (χ1v) is 7.35. The molecule has 5 nitrogen and oxygen atoms in total. The van der Waals surface area contributed by atoms with Crippen LogP contribution in [0.15, 0.2) is 16.6 Å². The van der Waals surface area contributed by atoms with Gasteiger partial charge < -0.3 is 9.64 Å². The smallest absolute Gasteiger partial charge is 0.270 e. The summed E-state index contributed by atoms with van der Waals surface area (Å²) in [5.74, 6) is 0.904. The fourth-order valence-corrected chi connectivity index (χ4v) is 3.45. The van der Waals surface area contributed by atoms with Crippen molar-refractivity contribution in [3.05, 3.63) is 27.8 Å². The monoisotopic (exact) mass is 359 g/mol. The van der Waals surface area contributed by atoms with Crippen molar-refractivity contribution in [2.24, 2.45) is 0 Å². The number of alkyl halides is 1. The zero-order valence-corrected chi connectivity index (χ0v) is 12.4. The minimum absolute atomic E-state index is 0.0271. The van der Waals surface area contributed by atoms with Crippen molar-refractivity contribution in [2.45, 2.75) is 19.2 Å². The van der Waals surface area contributed by atoms with Crippen LogP contribution in [-0.4, -0.2) is 33.9 Å². The Morgan fingerprint density at radius 2 is 2.39 bits per heavy atom. The number of anilines is 1. The van der Waals surface area contributed by atoms with Gasteiger partial charge in [0.2, 0.25) is 0 Å². The highest BCUT2D eigenvalue weighted by Crippen LogP contribution is 2.38. The molecule has 0 saturated carbocycles. The average molecular weight is 359 g/mol. The quantitative estimate of drug-likeness (QED) is 0.592. The molecule has 1 aromatic rings. The summed E-state index contributed by atoms with van der Waals surface area (Å²) in [5, 5.41) is 0. The van der Waals surface area contributed by atoms with E-state index in [2.05, 4.69) is 32.5 Å². The molecule has 96 valence electrons. The molecule has 0 fully saturated rings. The van der Waals surface area contributed by atoms with Crippen molar-refractivity contribution < 1.29 is 4.74 Å². The van der Waals surface area contributed by atoms with Crippen LogP contribution >= 0.6 is 22.6 Å². The van der Waals surface area contributed by atoms with Gasteiger partial charge in [-0.2, -0.15) is 0 Å². The van der Waals surface area contributed by atoms with Gasteiger partial charge in [-0.25, -0.2) is 4.98 Å². The highest BCUT2D eigenvalue weighted by atomic mass is 127. The number of aromatic nitrogens is 2. The van der Waals surface area contributed by atoms with Gasteiger partial charge in [0.15, 0.2) is 6.23 Å². The van der Waals surface area contributed by atoms with Crippen LogP contribution in [0, 0.1) is 0 Å². The van der Waals surface area contributed by atoms with Gasteiger partial charge >= 0.3 is 0 Å². The molecule has 3 rings (SSSR count). The van der Waals surface area contributed by atoms with Crippen molar-refractivity contribution in [2.75, 3.05) is 23.0 Å². The molecule has 0 aliphatic carbocycles. The van der Waals surface area contributed by atoms with Crippen LogP contribution in [0.3, 0.4) is 0 Å². The first-order valence-electron chi connectivity index (χ1n) is 5.82. The Hall–Kier alpha value is -0.890. The number of halogens is 1. The highest BCUT2D eigenvalue weighted by molar-refractivity contribution is 14.1. The predicted molar refractivity (Wildman–Crippen MR) is 78.2 cm³/mol. The molecule has 6 heteroatoms. The second-order valence-electron chi connectivity index (χ2n) is 4.61. The molecule has 0 radical (unpaired) electrons. The van der Waals surface area contributed by atoms with Crippen LogP contribution < -0.4 is 10.5 Å². The summed E-state index contributed by atoms with van der Waals surface area (Å²) >= 11 is 2.32.